The molecule has 0 saturated heterocycles. The van der Waals surface area contributed by atoms with Gasteiger partial charge in [-0.3, -0.25) is 4.79 Å². The lowest BCUT2D eigenvalue weighted by Gasteiger charge is -2.06. The van der Waals surface area contributed by atoms with Crippen molar-refractivity contribution < 1.29 is 27.5 Å². The second-order valence-electron chi connectivity index (χ2n) is 3.96. The molecule has 0 amide bonds. The summed E-state index contributed by atoms with van der Waals surface area (Å²) < 4.78 is 42.4. The summed E-state index contributed by atoms with van der Waals surface area (Å²) in [6.07, 6.45) is -3.26. The summed E-state index contributed by atoms with van der Waals surface area (Å²) in [5, 5.41) is 9.26. The fraction of sp³-hybridized carbons (Fsp3) is 0.250. The lowest BCUT2D eigenvalue weighted by atomic mass is 10.00. The molecule has 1 atom stereocenters. The largest absolute Gasteiger partial charge is 0.481 e. The van der Waals surface area contributed by atoms with Gasteiger partial charge < -0.3 is 9.52 Å². The number of hydrogen-bond donors (Lipinski definition) is 1. The molecule has 0 aliphatic rings. The Kier molecular flexibility index (Phi) is 2.80. The molecule has 0 spiro atoms. The first-order chi connectivity index (χ1) is 8.30. The molecule has 96 valence electrons. The highest BCUT2D eigenvalue weighted by atomic mass is 19.4. The van der Waals surface area contributed by atoms with Crippen LogP contribution in [0.15, 0.2) is 28.9 Å². The Morgan fingerprint density at radius 2 is 2.06 bits per heavy atom. The van der Waals surface area contributed by atoms with Crippen LogP contribution in [-0.2, 0) is 11.0 Å². The van der Waals surface area contributed by atoms with Crippen LogP contribution < -0.4 is 0 Å². The minimum absolute atomic E-state index is 0.0351. The number of hydrogen-bond acceptors (Lipinski definition) is 2. The van der Waals surface area contributed by atoms with Crippen LogP contribution in [0.3, 0.4) is 0 Å². The summed E-state index contributed by atoms with van der Waals surface area (Å²) in [6.45, 7) is 1.45. The van der Waals surface area contributed by atoms with Gasteiger partial charge >= 0.3 is 12.1 Å². The van der Waals surface area contributed by atoms with Crippen molar-refractivity contribution >= 4 is 16.9 Å². The average Bonchev–Trinajstić information content (AvgIpc) is 2.69. The minimum Gasteiger partial charge on any atom is -0.481 e. The van der Waals surface area contributed by atoms with Crippen molar-refractivity contribution in [3.63, 3.8) is 0 Å². The van der Waals surface area contributed by atoms with E-state index < -0.39 is 23.6 Å². The van der Waals surface area contributed by atoms with E-state index in [0.29, 0.717) is 10.9 Å². The van der Waals surface area contributed by atoms with Gasteiger partial charge in [0.2, 0.25) is 0 Å². The number of aliphatic carboxylic acids is 1. The maximum Gasteiger partial charge on any atom is 0.416 e. The van der Waals surface area contributed by atoms with Gasteiger partial charge in [0.1, 0.15) is 5.58 Å². The highest BCUT2D eigenvalue weighted by Gasteiger charge is 2.31. The average molecular weight is 258 g/mol. The number of carboxylic acids is 1. The van der Waals surface area contributed by atoms with Gasteiger partial charge in [0.25, 0.3) is 0 Å². The van der Waals surface area contributed by atoms with Gasteiger partial charge in [0, 0.05) is 10.9 Å². The molecule has 3 nitrogen and oxygen atoms in total. The Bertz CT molecular complexity index is 598. The number of alkyl halides is 3. The third-order valence-corrected chi connectivity index (χ3v) is 2.77. The number of fused-ring (bicyclic) bond motifs is 1. The first-order valence-corrected chi connectivity index (χ1v) is 5.12. The fourth-order valence-corrected chi connectivity index (χ4v) is 1.69. The summed E-state index contributed by atoms with van der Waals surface area (Å²) in [5.41, 5.74) is -0.418. The second-order valence-corrected chi connectivity index (χ2v) is 3.96. The molecule has 2 aromatic rings. The molecule has 0 bridgehead atoms. The Morgan fingerprint density at radius 1 is 1.39 bits per heavy atom. The Labute approximate surface area is 99.8 Å². The summed E-state index contributed by atoms with van der Waals surface area (Å²) in [4.78, 5) is 10.8. The standard InChI is InChI=1S/C12H9F3O3/c1-6(11(16)17)9-5-18-10-4-7(12(13,14)15)2-3-8(9)10/h2-6H,1H3,(H,16,17). The van der Waals surface area contributed by atoms with Gasteiger partial charge in [-0.15, -0.1) is 0 Å². The molecule has 18 heavy (non-hydrogen) atoms. The number of carbonyl (C=O) groups is 1. The second kappa shape index (κ2) is 4.04. The van der Waals surface area contributed by atoms with Crippen molar-refractivity contribution in [1.29, 1.82) is 0 Å². The van der Waals surface area contributed by atoms with E-state index in [1.807, 2.05) is 0 Å². The van der Waals surface area contributed by atoms with Crippen molar-refractivity contribution in [2.24, 2.45) is 0 Å². The van der Waals surface area contributed by atoms with Crippen LogP contribution in [-0.4, -0.2) is 11.1 Å². The predicted molar refractivity (Wildman–Crippen MR) is 57.3 cm³/mol. The molecule has 1 aromatic heterocycles. The van der Waals surface area contributed by atoms with Crippen molar-refractivity contribution in [3.05, 3.63) is 35.6 Å². The summed E-state index contributed by atoms with van der Waals surface area (Å²) in [5.74, 6) is -1.89. The lowest BCUT2D eigenvalue weighted by molar-refractivity contribution is -0.138. The normalized spacial score (nSPS) is 13.8. The Balaban J connectivity index is 2.54. The number of carboxylic acid groups (broad SMARTS) is 1. The van der Waals surface area contributed by atoms with Gasteiger partial charge in [-0.1, -0.05) is 6.07 Å². The van der Waals surface area contributed by atoms with E-state index in [4.69, 9.17) is 9.52 Å². The third kappa shape index (κ3) is 2.05. The van der Waals surface area contributed by atoms with E-state index >= 15 is 0 Å². The highest BCUT2D eigenvalue weighted by Crippen LogP contribution is 2.34. The van der Waals surface area contributed by atoms with Crippen LogP contribution >= 0.6 is 0 Å². The molecule has 1 heterocycles. The number of rotatable bonds is 2. The first-order valence-electron chi connectivity index (χ1n) is 5.12. The van der Waals surface area contributed by atoms with E-state index in [1.54, 1.807) is 0 Å². The topological polar surface area (TPSA) is 50.4 Å². The minimum atomic E-state index is -4.44. The Hall–Kier alpha value is -1.98. The van der Waals surface area contributed by atoms with Gasteiger partial charge in [-0.25, -0.2) is 0 Å². The SMILES string of the molecule is CC(C(=O)O)c1coc2cc(C(F)(F)F)ccc12. The van der Waals surface area contributed by atoms with E-state index in [2.05, 4.69) is 0 Å². The first kappa shape index (κ1) is 12.5. The summed E-state index contributed by atoms with van der Waals surface area (Å²) in [7, 11) is 0. The molecular weight excluding hydrogens is 249 g/mol. The van der Waals surface area contributed by atoms with Crippen molar-refractivity contribution in [3.8, 4) is 0 Å². The van der Waals surface area contributed by atoms with Gasteiger partial charge in [0.15, 0.2) is 0 Å². The van der Waals surface area contributed by atoms with Gasteiger partial charge in [-0.05, 0) is 19.1 Å². The molecule has 0 radical (unpaired) electrons. The molecule has 0 saturated carbocycles. The highest BCUT2D eigenvalue weighted by molar-refractivity contribution is 5.88. The number of halogens is 3. The monoisotopic (exact) mass is 258 g/mol. The van der Waals surface area contributed by atoms with Crippen LogP contribution in [0.1, 0.15) is 24.0 Å². The molecule has 1 unspecified atom stereocenters. The fourth-order valence-electron chi connectivity index (χ4n) is 1.69. The molecule has 2 rings (SSSR count). The molecule has 6 heteroatoms. The van der Waals surface area contributed by atoms with E-state index in [0.717, 1.165) is 12.1 Å². The van der Waals surface area contributed by atoms with E-state index in [-0.39, 0.29) is 5.58 Å². The van der Waals surface area contributed by atoms with Crippen molar-refractivity contribution in [2.45, 2.75) is 19.0 Å². The molecule has 1 N–H and O–H groups in total. The van der Waals surface area contributed by atoms with Crippen molar-refractivity contribution in [2.75, 3.05) is 0 Å². The molecular formula is C12H9F3O3. The lowest BCUT2D eigenvalue weighted by Crippen LogP contribution is -2.07. The van der Waals surface area contributed by atoms with Crippen LogP contribution in [0, 0.1) is 0 Å². The predicted octanol–water partition coefficient (Wildman–Crippen LogP) is 3.64. The molecule has 0 aliphatic carbocycles. The maximum atomic E-state index is 12.5. The summed E-state index contributed by atoms with van der Waals surface area (Å²) in [6, 6.07) is 3.01. The smallest absolute Gasteiger partial charge is 0.416 e. The molecule has 0 fully saturated rings. The molecule has 0 aliphatic heterocycles. The van der Waals surface area contributed by atoms with Crippen LogP contribution in [0.4, 0.5) is 13.2 Å². The maximum absolute atomic E-state index is 12.5. The van der Waals surface area contributed by atoms with E-state index in [1.165, 1.54) is 19.3 Å². The molecule has 1 aromatic carbocycles. The summed E-state index contributed by atoms with van der Waals surface area (Å²) >= 11 is 0. The number of furan rings is 1. The third-order valence-electron chi connectivity index (χ3n) is 2.77. The van der Waals surface area contributed by atoms with Crippen LogP contribution in [0.5, 0.6) is 0 Å². The van der Waals surface area contributed by atoms with Gasteiger partial charge in [0.05, 0.1) is 17.7 Å². The van der Waals surface area contributed by atoms with Crippen LogP contribution in [0.2, 0.25) is 0 Å². The van der Waals surface area contributed by atoms with Crippen LogP contribution in [0.25, 0.3) is 11.0 Å². The Morgan fingerprint density at radius 3 is 2.61 bits per heavy atom. The number of benzene rings is 1. The zero-order valence-electron chi connectivity index (χ0n) is 9.28. The quantitative estimate of drug-likeness (QED) is 0.894. The van der Waals surface area contributed by atoms with Gasteiger partial charge in [-0.2, -0.15) is 13.2 Å². The van der Waals surface area contributed by atoms with Crippen molar-refractivity contribution in [1.82, 2.24) is 0 Å². The zero-order chi connectivity index (χ0) is 13.5. The zero-order valence-corrected chi connectivity index (χ0v) is 9.28. The van der Waals surface area contributed by atoms with E-state index in [9.17, 15) is 18.0 Å².